The molecule has 0 fully saturated rings. The summed E-state index contributed by atoms with van der Waals surface area (Å²) < 4.78 is 31.0. The lowest BCUT2D eigenvalue weighted by Crippen LogP contribution is -2.04. The van der Waals surface area contributed by atoms with Crippen LogP contribution in [0.25, 0.3) is 0 Å². The van der Waals surface area contributed by atoms with E-state index in [0.29, 0.717) is 6.54 Å². The number of aromatic nitrogens is 1. The minimum absolute atomic E-state index is 0.161. The van der Waals surface area contributed by atoms with E-state index in [0.717, 1.165) is 12.2 Å². The molecule has 0 atom stereocenters. The fourth-order valence-electron chi connectivity index (χ4n) is 2.52. The zero-order valence-corrected chi connectivity index (χ0v) is 12.5. The highest BCUT2D eigenvalue weighted by molar-refractivity contribution is 5.49. The first-order chi connectivity index (χ1) is 10.0. The Hall–Kier alpha value is -2.04. The second-order valence-corrected chi connectivity index (χ2v) is 4.90. The van der Waals surface area contributed by atoms with Crippen LogP contribution in [-0.2, 0) is 13.1 Å². The molecule has 0 aliphatic carbocycles. The van der Waals surface area contributed by atoms with Gasteiger partial charge in [0.25, 0.3) is 0 Å². The quantitative estimate of drug-likeness (QED) is 0.857. The van der Waals surface area contributed by atoms with Crippen LogP contribution in [0.2, 0.25) is 0 Å². The summed E-state index contributed by atoms with van der Waals surface area (Å²) in [5.74, 6) is 0.161. The van der Waals surface area contributed by atoms with Crippen LogP contribution in [0.5, 0.6) is 5.75 Å². The zero-order chi connectivity index (χ0) is 15.4. The Bertz CT molecular complexity index is 608. The fourth-order valence-corrected chi connectivity index (χ4v) is 2.52. The van der Waals surface area contributed by atoms with Gasteiger partial charge in [0.05, 0.1) is 0 Å². The van der Waals surface area contributed by atoms with Crippen molar-refractivity contribution in [1.82, 2.24) is 4.57 Å². The van der Waals surface area contributed by atoms with E-state index in [-0.39, 0.29) is 5.75 Å². The van der Waals surface area contributed by atoms with Crippen molar-refractivity contribution < 1.29 is 13.5 Å². The lowest BCUT2D eigenvalue weighted by atomic mass is 10.2. The second kappa shape index (κ2) is 6.61. The van der Waals surface area contributed by atoms with Gasteiger partial charge in [-0.2, -0.15) is 8.78 Å². The van der Waals surface area contributed by atoms with E-state index in [9.17, 15) is 8.78 Å². The number of nitrogens with zero attached hydrogens (tertiary/aromatic N) is 1. The van der Waals surface area contributed by atoms with Gasteiger partial charge in [-0.15, -0.1) is 0 Å². The van der Waals surface area contributed by atoms with Gasteiger partial charge in [0.2, 0.25) is 0 Å². The average Bonchev–Trinajstić information content (AvgIpc) is 2.70. The summed E-state index contributed by atoms with van der Waals surface area (Å²) in [6.45, 7) is 5.07. The maximum Gasteiger partial charge on any atom is 0.387 e. The topological polar surface area (TPSA) is 26.2 Å². The minimum atomic E-state index is -2.80. The van der Waals surface area contributed by atoms with E-state index in [1.807, 2.05) is 6.07 Å². The van der Waals surface area contributed by atoms with Crippen molar-refractivity contribution >= 4 is 5.69 Å². The van der Waals surface area contributed by atoms with Gasteiger partial charge in [0.1, 0.15) is 5.75 Å². The van der Waals surface area contributed by atoms with Crippen LogP contribution in [0.1, 0.15) is 23.9 Å². The van der Waals surface area contributed by atoms with E-state index < -0.39 is 6.61 Å². The van der Waals surface area contributed by atoms with Crippen molar-refractivity contribution in [3.63, 3.8) is 0 Å². The smallest absolute Gasteiger partial charge is 0.387 e. The third-order valence-electron chi connectivity index (χ3n) is 3.54. The van der Waals surface area contributed by atoms with E-state index in [1.165, 1.54) is 23.0 Å². The molecule has 0 aliphatic rings. The molecule has 2 aromatic rings. The van der Waals surface area contributed by atoms with Gasteiger partial charge >= 0.3 is 6.61 Å². The van der Waals surface area contributed by atoms with Crippen LogP contribution in [0.15, 0.2) is 30.3 Å². The number of anilines is 1. The van der Waals surface area contributed by atoms with Crippen molar-refractivity contribution in [2.24, 2.45) is 0 Å². The number of rotatable bonds is 6. The lowest BCUT2D eigenvalue weighted by molar-refractivity contribution is -0.0498. The molecule has 2 rings (SSSR count). The molecule has 0 saturated heterocycles. The lowest BCUT2D eigenvalue weighted by Gasteiger charge is -2.10. The Morgan fingerprint density at radius 2 is 2.00 bits per heavy atom. The van der Waals surface area contributed by atoms with Crippen LogP contribution < -0.4 is 10.1 Å². The van der Waals surface area contributed by atoms with Gasteiger partial charge in [0.15, 0.2) is 0 Å². The first-order valence-corrected chi connectivity index (χ1v) is 6.95. The summed E-state index contributed by atoms with van der Waals surface area (Å²) in [7, 11) is 0. The van der Waals surface area contributed by atoms with Gasteiger partial charge < -0.3 is 14.6 Å². The van der Waals surface area contributed by atoms with Crippen LogP contribution in [0.4, 0.5) is 14.5 Å². The molecule has 1 N–H and O–H groups in total. The SMILES string of the molecule is CCn1c(C)cc(CNc2cccc(OC(F)F)c2)c1C. The number of hydrogen-bond donors (Lipinski definition) is 1. The summed E-state index contributed by atoms with van der Waals surface area (Å²) in [6, 6.07) is 8.75. The monoisotopic (exact) mass is 294 g/mol. The van der Waals surface area contributed by atoms with Crippen LogP contribution in [0, 0.1) is 13.8 Å². The molecular weight excluding hydrogens is 274 g/mol. The van der Waals surface area contributed by atoms with E-state index in [2.05, 4.69) is 41.5 Å². The maximum atomic E-state index is 12.2. The molecule has 0 aliphatic heterocycles. The van der Waals surface area contributed by atoms with Gasteiger partial charge in [-0.3, -0.25) is 0 Å². The molecule has 0 spiro atoms. The number of alkyl halides is 2. The number of halogens is 2. The third-order valence-corrected chi connectivity index (χ3v) is 3.54. The predicted octanol–water partition coefficient (Wildman–Crippen LogP) is 4.34. The van der Waals surface area contributed by atoms with Crippen molar-refractivity contribution in [3.8, 4) is 5.75 Å². The molecule has 1 heterocycles. The van der Waals surface area contributed by atoms with Crippen molar-refractivity contribution in [2.45, 2.75) is 40.5 Å². The van der Waals surface area contributed by atoms with Crippen molar-refractivity contribution in [1.29, 1.82) is 0 Å². The largest absolute Gasteiger partial charge is 0.435 e. The van der Waals surface area contributed by atoms with Gasteiger partial charge in [-0.05, 0) is 44.5 Å². The molecular formula is C16H20F2N2O. The molecule has 0 saturated carbocycles. The van der Waals surface area contributed by atoms with Gasteiger partial charge in [-0.1, -0.05) is 6.07 Å². The van der Waals surface area contributed by atoms with Crippen LogP contribution in [-0.4, -0.2) is 11.2 Å². The normalized spacial score (nSPS) is 11.0. The highest BCUT2D eigenvalue weighted by atomic mass is 19.3. The van der Waals surface area contributed by atoms with E-state index in [1.54, 1.807) is 12.1 Å². The molecule has 114 valence electrons. The Morgan fingerprint density at radius 1 is 1.24 bits per heavy atom. The molecule has 3 nitrogen and oxygen atoms in total. The highest BCUT2D eigenvalue weighted by Crippen LogP contribution is 2.21. The first-order valence-electron chi connectivity index (χ1n) is 6.95. The molecule has 0 unspecified atom stereocenters. The molecule has 0 radical (unpaired) electrons. The van der Waals surface area contributed by atoms with Crippen LogP contribution in [0.3, 0.4) is 0 Å². The summed E-state index contributed by atoms with van der Waals surface area (Å²) in [4.78, 5) is 0. The highest BCUT2D eigenvalue weighted by Gasteiger charge is 2.08. The molecule has 1 aromatic carbocycles. The first kappa shape index (κ1) is 15.4. The zero-order valence-electron chi connectivity index (χ0n) is 12.5. The average molecular weight is 294 g/mol. The number of nitrogens with one attached hydrogen (secondary N) is 1. The Labute approximate surface area is 123 Å². The van der Waals surface area contributed by atoms with E-state index >= 15 is 0 Å². The summed E-state index contributed by atoms with van der Waals surface area (Å²) in [5.41, 5.74) is 4.41. The van der Waals surface area contributed by atoms with E-state index in [4.69, 9.17) is 0 Å². The Balaban J connectivity index is 2.06. The number of benzene rings is 1. The molecule has 0 bridgehead atoms. The van der Waals surface area contributed by atoms with Crippen LogP contribution >= 0.6 is 0 Å². The van der Waals surface area contributed by atoms with Gasteiger partial charge in [-0.25, -0.2) is 0 Å². The predicted molar refractivity (Wildman–Crippen MR) is 80.0 cm³/mol. The Kier molecular flexibility index (Phi) is 4.83. The maximum absolute atomic E-state index is 12.2. The fraction of sp³-hybridized carbons (Fsp3) is 0.375. The summed E-state index contributed by atoms with van der Waals surface area (Å²) in [6.07, 6.45) is 0. The molecule has 21 heavy (non-hydrogen) atoms. The van der Waals surface area contributed by atoms with Gasteiger partial charge in [0, 0.05) is 36.2 Å². The van der Waals surface area contributed by atoms with Crippen molar-refractivity contribution in [2.75, 3.05) is 5.32 Å². The summed E-state index contributed by atoms with van der Waals surface area (Å²) in [5, 5.41) is 3.24. The molecule has 5 heteroatoms. The summed E-state index contributed by atoms with van der Waals surface area (Å²) >= 11 is 0. The minimum Gasteiger partial charge on any atom is -0.435 e. The Morgan fingerprint density at radius 3 is 2.62 bits per heavy atom. The standard InChI is InChI=1S/C16H20F2N2O/c1-4-20-11(2)8-13(12(20)3)10-19-14-6-5-7-15(9-14)21-16(17)18/h5-9,16,19H,4,10H2,1-3H3. The number of hydrogen-bond acceptors (Lipinski definition) is 2. The molecule has 1 aromatic heterocycles. The van der Waals surface area contributed by atoms with Crippen molar-refractivity contribution in [3.05, 3.63) is 47.3 Å². The number of aryl methyl sites for hydroxylation is 1. The number of ether oxygens (including phenoxy) is 1. The second-order valence-electron chi connectivity index (χ2n) is 4.90. The third kappa shape index (κ3) is 3.74. The molecule has 0 amide bonds.